The molecule has 0 saturated heterocycles. The molecule has 34 heavy (non-hydrogen) atoms. The summed E-state index contributed by atoms with van der Waals surface area (Å²) < 4.78 is 22.1. The predicted octanol–water partition coefficient (Wildman–Crippen LogP) is 8.17. The Morgan fingerprint density at radius 1 is 0.882 bits per heavy atom. The SMILES string of the molecule is [C-]#[N+]c1cccc(O)c1-c1ccc2c(-c3cc(C)cc4c3oc3ccccc34)nccc2c1F. The van der Waals surface area contributed by atoms with E-state index in [9.17, 15) is 5.11 Å². The number of phenolic OH excluding ortho intramolecular Hbond substituents is 1. The van der Waals surface area contributed by atoms with E-state index < -0.39 is 5.82 Å². The Bertz CT molecular complexity index is 1810. The van der Waals surface area contributed by atoms with Crippen molar-refractivity contribution < 1.29 is 13.9 Å². The fourth-order valence-corrected chi connectivity index (χ4v) is 4.67. The first-order chi connectivity index (χ1) is 16.6. The Labute approximate surface area is 194 Å². The van der Waals surface area contributed by atoms with Gasteiger partial charge in [0.05, 0.1) is 12.3 Å². The standard InChI is InChI=1S/C29H17FN2O2/c1-16-14-21-17-6-3-4-9-25(17)34-29(21)22(15-16)28-19-10-11-20(27(30)18(19)12-13-32-28)26-23(31-2)7-5-8-24(26)33/h3-15,33H,1H3. The van der Waals surface area contributed by atoms with Crippen molar-refractivity contribution in [1.29, 1.82) is 0 Å². The quantitative estimate of drug-likeness (QED) is 0.274. The molecule has 6 rings (SSSR count). The molecule has 4 aromatic carbocycles. The molecule has 6 aromatic rings. The third-order valence-electron chi connectivity index (χ3n) is 6.17. The highest BCUT2D eigenvalue weighted by molar-refractivity contribution is 6.12. The van der Waals surface area contributed by atoms with Crippen molar-refractivity contribution in [2.45, 2.75) is 6.92 Å². The summed E-state index contributed by atoms with van der Waals surface area (Å²) in [7, 11) is 0. The van der Waals surface area contributed by atoms with Gasteiger partial charge >= 0.3 is 0 Å². The van der Waals surface area contributed by atoms with E-state index in [0.29, 0.717) is 22.0 Å². The molecule has 2 heterocycles. The Morgan fingerprint density at radius 2 is 1.74 bits per heavy atom. The Hall–Kier alpha value is -4.69. The molecule has 0 spiro atoms. The highest BCUT2D eigenvalue weighted by Crippen LogP contribution is 2.43. The third kappa shape index (κ3) is 2.86. The topological polar surface area (TPSA) is 50.6 Å². The van der Waals surface area contributed by atoms with Crippen molar-refractivity contribution in [3.63, 3.8) is 0 Å². The van der Waals surface area contributed by atoms with Crippen LogP contribution >= 0.6 is 0 Å². The first kappa shape index (κ1) is 20.0. The number of pyridine rings is 1. The minimum Gasteiger partial charge on any atom is -0.509 e. The van der Waals surface area contributed by atoms with Crippen LogP contribution in [0, 0.1) is 19.3 Å². The van der Waals surface area contributed by atoms with E-state index in [-0.39, 0.29) is 22.6 Å². The Morgan fingerprint density at radius 3 is 2.59 bits per heavy atom. The number of aromatic nitrogens is 1. The predicted molar refractivity (Wildman–Crippen MR) is 133 cm³/mol. The number of fused-ring (bicyclic) bond motifs is 4. The summed E-state index contributed by atoms with van der Waals surface area (Å²) >= 11 is 0. The average Bonchev–Trinajstić information content (AvgIpc) is 3.22. The van der Waals surface area contributed by atoms with Crippen molar-refractivity contribution in [3.05, 3.63) is 102 Å². The summed E-state index contributed by atoms with van der Waals surface area (Å²) in [5, 5.41) is 13.4. The highest BCUT2D eigenvalue weighted by Gasteiger charge is 2.20. The van der Waals surface area contributed by atoms with E-state index in [2.05, 4.69) is 15.9 Å². The summed E-state index contributed by atoms with van der Waals surface area (Å²) in [4.78, 5) is 8.07. The summed E-state index contributed by atoms with van der Waals surface area (Å²) in [5.41, 5.74) is 4.47. The molecule has 2 aromatic heterocycles. The number of furan rings is 1. The zero-order valence-electron chi connectivity index (χ0n) is 18.1. The van der Waals surface area contributed by atoms with Crippen LogP contribution in [-0.4, -0.2) is 10.1 Å². The van der Waals surface area contributed by atoms with Gasteiger partial charge in [0.25, 0.3) is 0 Å². The van der Waals surface area contributed by atoms with Gasteiger partial charge < -0.3 is 9.52 Å². The van der Waals surface area contributed by atoms with Gasteiger partial charge in [0.1, 0.15) is 22.7 Å². The zero-order valence-corrected chi connectivity index (χ0v) is 18.1. The van der Waals surface area contributed by atoms with Crippen LogP contribution in [0.25, 0.3) is 59.9 Å². The zero-order chi connectivity index (χ0) is 23.4. The number of hydrogen-bond donors (Lipinski definition) is 1. The maximum atomic E-state index is 15.8. The van der Waals surface area contributed by atoms with Gasteiger partial charge in [0, 0.05) is 44.4 Å². The molecule has 0 fully saturated rings. The fraction of sp³-hybridized carbons (Fsp3) is 0.0345. The van der Waals surface area contributed by atoms with Crippen molar-refractivity contribution >= 4 is 38.4 Å². The summed E-state index contributed by atoms with van der Waals surface area (Å²) in [6, 6.07) is 21.5. The minimum atomic E-state index is -0.513. The van der Waals surface area contributed by atoms with Gasteiger partial charge in [-0.1, -0.05) is 42.5 Å². The maximum absolute atomic E-state index is 15.8. The lowest BCUT2D eigenvalue weighted by Crippen LogP contribution is -1.93. The van der Waals surface area contributed by atoms with Crippen molar-refractivity contribution in [1.82, 2.24) is 4.98 Å². The van der Waals surface area contributed by atoms with Crippen LogP contribution in [0.3, 0.4) is 0 Å². The summed E-state index contributed by atoms with van der Waals surface area (Å²) in [6.07, 6.45) is 1.57. The molecule has 0 amide bonds. The number of benzene rings is 4. The van der Waals surface area contributed by atoms with Gasteiger partial charge in [-0.05, 0) is 42.8 Å². The van der Waals surface area contributed by atoms with Crippen molar-refractivity contribution in [2.24, 2.45) is 0 Å². The molecule has 0 radical (unpaired) electrons. The fourth-order valence-electron chi connectivity index (χ4n) is 4.67. The highest BCUT2D eigenvalue weighted by atomic mass is 19.1. The van der Waals surface area contributed by atoms with E-state index in [1.54, 1.807) is 36.5 Å². The van der Waals surface area contributed by atoms with E-state index in [1.807, 2.05) is 37.3 Å². The smallest absolute Gasteiger partial charge is 0.198 e. The number of halogens is 1. The second-order valence-corrected chi connectivity index (χ2v) is 8.25. The van der Waals surface area contributed by atoms with Gasteiger partial charge in [-0.15, -0.1) is 0 Å². The Kier molecular flexibility index (Phi) is 4.36. The number of nitrogens with zero attached hydrogens (tertiary/aromatic N) is 2. The van der Waals surface area contributed by atoms with Gasteiger partial charge in [0.2, 0.25) is 0 Å². The number of aryl methyl sites for hydroxylation is 1. The second-order valence-electron chi connectivity index (χ2n) is 8.25. The number of rotatable bonds is 2. The number of phenols is 1. The number of hydrogen-bond acceptors (Lipinski definition) is 3. The normalized spacial score (nSPS) is 11.3. The molecule has 0 saturated carbocycles. The molecule has 0 unspecified atom stereocenters. The van der Waals surface area contributed by atoms with Crippen LogP contribution in [0.15, 0.2) is 83.4 Å². The van der Waals surface area contributed by atoms with Gasteiger partial charge in [-0.25, -0.2) is 9.24 Å². The van der Waals surface area contributed by atoms with Gasteiger partial charge in [0.15, 0.2) is 5.69 Å². The van der Waals surface area contributed by atoms with Gasteiger partial charge in [-0.2, -0.15) is 0 Å². The average molecular weight is 444 g/mol. The second kappa shape index (κ2) is 7.43. The van der Waals surface area contributed by atoms with E-state index in [4.69, 9.17) is 11.0 Å². The van der Waals surface area contributed by atoms with Crippen LogP contribution in [0.4, 0.5) is 10.1 Å². The first-order valence-electron chi connectivity index (χ1n) is 10.8. The van der Waals surface area contributed by atoms with Crippen LogP contribution in [0.5, 0.6) is 5.75 Å². The summed E-state index contributed by atoms with van der Waals surface area (Å²) in [6.45, 7) is 9.44. The van der Waals surface area contributed by atoms with Crippen LogP contribution < -0.4 is 0 Å². The van der Waals surface area contributed by atoms with Gasteiger partial charge in [-0.3, -0.25) is 4.98 Å². The molecule has 162 valence electrons. The summed E-state index contributed by atoms with van der Waals surface area (Å²) in [5.74, 6) is -0.648. The molecule has 0 atom stereocenters. The lowest BCUT2D eigenvalue weighted by Gasteiger charge is -2.13. The number of para-hydroxylation sites is 1. The van der Waals surface area contributed by atoms with Crippen LogP contribution in [0.1, 0.15) is 5.56 Å². The monoisotopic (exact) mass is 444 g/mol. The van der Waals surface area contributed by atoms with Crippen molar-refractivity contribution in [2.75, 3.05) is 0 Å². The third-order valence-corrected chi connectivity index (χ3v) is 6.17. The molecule has 0 aliphatic heterocycles. The molecule has 1 N–H and O–H groups in total. The Balaban J connectivity index is 1.65. The largest absolute Gasteiger partial charge is 0.509 e. The molecule has 5 heteroatoms. The molecule has 0 bridgehead atoms. The first-order valence-corrected chi connectivity index (χ1v) is 10.8. The minimum absolute atomic E-state index is 0.135. The maximum Gasteiger partial charge on any atom is 0.198 e. The molecule has 4 nitrogen and oxygen atoms in total. The molecular formula is C29H17FN2O2. The lowest BCUT2D eigenvalue weighted by atomic mass is 9.95. The van der Waals surface area contributed by atoms with Crippen molar-refractivity contribution in [3.8, 4) is 28.1 Å². The number of aromatic hydroxyl groups is 1. The van der Waals surface area contributed by atoms with Crippen LogP contribution in [0.2, 0.25) is 0 Å². The molecule has 0 aliphatic carbocycles. The molecular weight excluding hydrogens is 427 g/mol. The van der Waals surface area contributed by atoms with E-state index >= 15 is 4.39 Å². The van der Waals surface area contributed by atoms with Crippen LogP contribution in [-0.2, 0) is 0 Å². The lowest BCUT2D eigenvalue weighted by molar-refractivity contribution is 0.477. The van der Waals surface area contributed by atoms with E-state index in [0.717, 1.165) is 27.5 Å². The molecule has 0 aliphatic rings. The van der Waals surface area contributed by atoms with E-state index in [1.165, 1.54) is 6.07 Å².